The number of amides is 1. The SMILES string of the molecule is COC(C)CC(Sc1cc(C(=O)Nc2cc(F)c(F)c(F)c2)ccc1Cl)C(C)C(C)C. The Bertz CT molecular complexity index is 903. The Morgan fingerprint density at radius 2 is 1.71 bits per heavy atom. The fraction of sp³-hybridized carbons (Fsp3) is 0.435. The molecule has 1 N–H and O–H groups in total. The van der Waals surface area contributed by atoms with Crippen molar-refractivity contribution < 1.29 is 22.7 Å². The minimum absolute atomic E-state index is 0.0622. The molecule has 170 valence electrons. The van der Waals surface area contributed by atoms with Gasteiger partial charge in [-0.15, -0.1) is 11.8 Å². The molecule has 0 aromatic heterocycles. The standard InChI is InChI=1S/C23H27ClF3NO2S/c1-12(2)14(4)20(8-13(3)30-5)31-21-9-15(6-7-17(21)24)23(29)28-16-10-18(25)22(27)19(26)11-16/h6-7,9-14,20H,8H2,1-5H3,(H,28,29). The molecule has 0 fully saturated rings. The summed E-state index contributed by atoms with van der Waals surface area (Å²) in [5.74, 6) is -4.11. The van der Waals surface area contributed by atoms with Crippen LogP contribution in [-0.4, -0.2) is 24.4 Å². The normalized spacial score (nSPS) is 14.4. The lowest BCUT2D eigenvalue weighted by molar-refractivity contribution is 0.102. The van der Waals surface area contributed by atoms with E-state index < -0.39 is 23.4 Å². The van der Waals surface area contributed by atoms with Crippen molar-refractivity contribution in [2.45, 2.75) is 50.4 Å². The number of carbonyl (C=O) groups excluding carboxylic acids is 1. The summed E-state index contributed by atoms with van der Waals surface area (Å²) in [6.45, 7) is 8.49. The molecule has 0 heterocycles. The third-order valence-corrected chi connectivity index (χ3v) is 7.28. The fourth-order valence-corrected chi connectivity index (χ4v) is 4.80. The molecule has 0 saturated heterocycles. The molecule has 2 aromatic carbocycles. The van der Waals surface area contributed by atoms with E-state index in [9.17, 15) is 18.0 Å². The van der Waals surface area contributed by atoms with E-state index in [0.717, 1.165) is 23.4 Å². The number of anilines is 1. The minimum Gasteiger partial charge on any atom is -0.382 e. The average Bonchev–Trinajstić information content (AvgIpc) is 2.71. The summed E-state index contributed by atoms with van der Waals surface area (Å²) in [5.41, 5.74) is 0.0959. The number of halogens is 4. The first-order valence-corrected chi connectivity index (χ1v) is 11.2. The smallest absolute Gasteiger partial charge is 0.255 e. The van der Waals surface area contributed by atoms with Gasteiger partial charge in [0.1, 0.15) is 0 Å². The van der Waals surface area contributed by atoms with Gasteiger partial charge in [-0.3, -0.25) is 4.79 Å². The van der Waals surface area contributed by atoms with Crippen LogP contribution in [0.1, 0.15) is 44.5 Å². The maximum atomic E-state index is 13.4. The maximum Gasteiger partial charge on any atom is 0.255 e. The van der Waals surface area contributed by atoms with Gasteiger partial charge in [-0.2, -0.15) is 0 Å². The van der Waals surface area contributed by atoms with E-state index in [2.05, 4.69) is 26.1 Å². The van der Waals surface area contributed by atoms with Crippen molar-refractivity contribution in [3.63, 3.8) is 0 Å². The van der Waals surface area contributed by atoms with E-state index in [0.29, 0.717) is 16.9 Å². The van der Waals surface area contributed by atoms with Gasteiger partial charge in [-0.05, 0) is 43.4 Å². The number of benzene rings is 2. The topological polar surface area (TPSA) is 38.3 Å². The molecule has 0 aliphatic rings. The molecule has 0 spiro atoms. The van der Waals surface area contributed by atoms with Gasteiger partial charge in [0, 0.05) is 40.6 Å². The molecule has 0 radical (unpaired) electrons. The summed E-state index contributed by atoms with van der Waals surface area (Å²) in [5, 5.41) is 3.10. The highest BCUT2D eigenvalue weighted by atomic mass is 35.5. The molecule has 2 aromatic rings. The molecule has 8 heteroatoms. The molecule has 31 heavy (non-hydrogen) atoms. The van der Waals surface area contributed by atoms with Crippen LogP contribution in [0, 0.1) is 29.3 Å². The van der Waals surface area contributed by atoms with Crippen molar-refractivity contribution in [3.05, 3.63) is 58.4 Å². The Balaban J connectivity index is 2.26. The number of ether oxygens (including phenoxy) is 1. The summed E-state index contributed by atoms with van der Waals surface area (Å²) < 4.78 is 45.4. The molecule has 0 aliphatic heterocycles. The highest BCUT2D eigenvalue weighted by Gasteiger charge is 2.25. The van der Waals surface area contributed by atoms with Crippen molar-refractivity contribution in [1.29, 1.82) is 0 Å². The van der Waals surface area contributed by atoms with Crippen LogP contribution in [0.4, 0.5) is 18.9 Å². The molecule has 3 nitrogen and oxygen atoms in total. The highest BCUT2D eigenvalue weighted by molar-refractivity contribution is 8.00. The lowest BCUT2D eigenvalue weighted by Crippen LogP contribution is -2.24. The highest BCUT2D eigenvalue weighted by Crippen LogP contribution is 2.38. The zero-order valence-electron chi connectivity index (χ0n) is 18.1. The average molecular weight is 474 g/mol. The van der Waals surface area contributed by atoms with Gasteiger partial charge in [-0.1, -0.05) is 32.4 Å². The van der Waals surface area contributed by atoms with Gasteiger partial charge in [0.05, 0.1) is 11.1 Å². The van der Waals surface area contributed by atoms with Gasteiger partial charge in [0.25, 0.3) is 5.91 Å². The zero-order valence-corrected chi connectivity index (χ0v) is 19.7. The Hall–Kier alpha value is -1.70. The Morgan fingerprint density at radius 1 is 1.10 bits per heavy atom. The van der Waals surface area contributed by atoms with Crippen LogP contribution < -0.4 is 5.32 Å². The summed E-state index contributed by atoms with van der Waals surface area (Å²) >= 11 is 7.97. The summed E-state index contributed by atoms with van der Waals surface area (Å²) in [6.07, 6.45) is 0.869. The predicted octanol–water partition coefficient (Wildman–Crippen LogP) is 7.19. The number of thioether (sulfide) groups is 1. The first-order chi connectivity index (χ1) is 14.5. The molecule has 1 amide bonds. The van der Waals surface area contributed by atoms with Crippen LogP contribution in [0.5, 0.6) is 0 Å². The van der Waals surface area contributed by atoms with Crippen LogP contribution in [0.25, 0.3) is 0 Å². The van der Waals surface area contributed by atoms with Crippen LogP contribution >= 0.6 is 23.4 Å². The van der Waals surface area contributed by atoms with Gasteiger partial charge in [0.2, 0.25) is 0 Å². The van der Waals surface area contributed by atoms with Crippen molar-refractivity contribution in [3.8, 4) is 0 Å². The lowest BCUT2D eigenvalue weighted by atomic mass is 9.91. The first kappa shape index (κ1) is 25.6. The van der Waals surface area contributed by atoms with Gasteiger partial charge >= 0.3 is 0 Å². The summed E-state index contributed by atoms with van der Waals surface area (Å²) in [6, 6.07) is 6.25. The number of carbonyl (C=O) groups is 1. The van der Waals surface area contributed by atoms with Crippen LogP contribution in [0.2, 0.25) is 5.02 Å². The van der Waals surface area contributed by atoms with Crippen LogP contribution in [-0.2, 0) is 4.74 Å². The van der Waals surface area contributed by atoms with E-state index >= 15 is 0 Å². The number of methoxy groups -OCH3 is 1. The Labute approximate surface area is 190 Å². The third kappa shape index (κ3) is 6.89. The number of hydrogen-bond acceptors (Lipinski definition) is 3. The van der Waals surface area contributed by atoms with Gasteiger partial charge < -0.3 is 10.1 Å². The fourth-order valence-electron chi connectivity index (χ4n) is 2.95. The lowest BCUT2D eigenvalue weighted by Gasteiger charge is -2.29. The monoisotopic (exact) mass is 473 g/mol. The second-order valence-corrected chi connectivity index (χ2v) is 9.58. The van der Waals surface area contributed by atoms with E-state index in [4.69, 9.17) is 16.3 Å². The predicted molar refractivity (Wildman–Crippen MR) is 120 cm³/mol. The van der Waals surface area contributed by atoms with Gasteiger partial charge in [-0.25, -0.2) is 13.2 Å². The quantitative estimate of drug-likeness (QED) is 0.309. The molecule has 3 unspecified atom stereocenters. The molecule has 0 aliphatic carbocycles. The van der Waals surface area contributed by atoms with E-state index in [1.807, 2.05) is 6.92 Å². The van der Waals surface area contributed by atoms with E-state index in [1.54, 1.807) is 31.0 Å². The third-order valence-electron chi connectivity index (χ3n) is 5.32. The molecule has 3 atom stereocenters. The second-order valence-electron chi connectivity index (χ2n) is 7.89. The van der Waals surface area contributed by atoms with Crippen molar-refractivity contribution >= 4 is 35.0 Å². The zero-order chi connectivity index (χ0) is 23.3. The maximum absolute atomic E-state index is 13.4. The summed E-state index contributed by atoms with van der Waals surface area (Å²) in [4.78, 5) is 13.3. The van der Waals surface area contributed by atoms with E-state index in [-0.39, 0.29) is 22.6 Å². The van der Waals surface area contributed by atoms with E-state index in [1.165, 1.54) is 6.07 Å². The van der Waals surface area contributed by atoms with Crippen LogP contribution in [0.15, 0.2) is 35.2 Å². The Kier molecular flexibility index (Phi) is 9.28. The number of hydrogen-bond donors (Lipinski definition) is 1. The molecule has 2 rings (SSSR count). The van der Waals surface area contributed by atoms with Crippen molar-refractivity contribution in [1.82, 2.24) is 0 Å². The molecule has 0 bridgehead atoms. The minimum atomic E-state index is -1.58. The van der Waals surface area contributed by atoms with Crippen molar-refractivity contribution in [2.24, 2.45) is 11.8 Å². The largest absolute Gasteiger partial charge is 0.382 e. The number of rotatable bonds is 9. The summed E-state index contributed by atoms with van der Waals surface area (Å²) in [7, 11) is 1.67. The molecular weight excluding hydrogens is 447 g/mol. The molecular formula is C23H27ClF3NO2S. The van der Waals surface area contributed by atoms with Gasteiger partial charge in [0.15, 0.2) is 17.5 Å². The first-order valence-electron chi connectivity index (χ1n) is 9.98. The van der Waals surface area contributed by atoms with Crippen LogP contribution in [0.3, 0.4) is 0 Å². The second kappa shape index (κ2) is 11.2. The Morgan fingerprint density at radius 3 is 2.26 bits per heavy atom. The number of nitrogens with one attached hydrogen (secondary N) is 1. The molecule has 0 saturated carbocycles. The van der Waals surface area contributed by atoms with Crippen molar-refractivity contribution in [2.75, 3.05) is 12.4 Å².